The van der Waals surface area contributed by atoms with Crippen molar-refractivity contribution in [1.29, 1.82) is 0 Å². The average molecular weight is 649 g/mol. The largest absolute Gasteiger partial charge is 0.214 e. The van der Waals surface area contributed by atoms with Crippen LogP contribution in [0.25, 0.3) is 11.1 Å². The van der Waals surface area contributed by atoms with E-state index in [9.17, 15) is 5.11 Å². The standard InChI is InChI=1S/C19H26OSi.C13H10.C5H5.2ClH.Ti/c1-14-12-16(20)18(15-10-8-7-9-11-15)17(13-14)21(5,6)19(2,3)4;1-3-7-12(8-4-1)11-13-9-5-2-6-10-13;1-2-4-5-3-1;;;/h7-13,20H,1-6H3;1-10H;1-5H;2*1H;/q;;-1;;;+2/p-2. The van der Waals surface area contributed by atoms with E-state index in [0.29, 0.717) is 5.75 Å². The van der Waals surface area contributed by atoms with Crippen LogP contribution in [0.2, 0.25) is 18.1 Å². The van der Waals surface area contributed by atoms with Crippen LogP contribution >= 0.6 is 0 Å². The number of aromatic hydroxyl groups is 1. The molecule has 0 aromatic heterocycles. The molecular formula is C37H41Cl2OSiTi-. The summed E-state index contributed by atoms with van der Waals surface area (Å²) in [5.41, 5.74) is 5.84. The molecule has 0 aliphatic rings. The second kappa shape index (κ2) is 17.5. The molecule has 0 unspecified atom stereocenters. The third-order valence-corrected chi connectivity index (χ3v) is 13.9. The molecule has 42 heavy (non-hydrogen) atoms. The van der Waals surface area contributed by atoms with Crippen molar-refractivity contribution < 1.29 is 49.9 Å². The van der Waals surface area contributed by atoms with Gasteiger partial charge in [-0.2, -0.15) is 18.2 Å². The van der Waals surface area contributed by atoms with Gasteiger partial charge in [0.05, 0.1) is 8.07 Å². The molecule has 5 aromatic carbocycles. The molecule has 0 fully saturated rings. The van der Waals surface area contributed by atoms with Gasteiger partial charge in [0.2, 0.25) is 0 Å². The summed E-state index contributed by atoms with van der Waals surface area (Å²) >= 11 is 2.16. The van der Waals surface area contributed by atoms with E-state index in [1.807, 2.05) is 66.7 Å². The Morgan fingerprint density at radius 1 is 0.690 bits per heavy atom. The Hall–Kier alpha value is -2.59. The summed E-state index contributed by atoms with van der Waals surface area (Å²) in [6.07, 6.45) is 0. The Kier molecular flexibility index (Phi) is 15.6. The van der Waals surface area contributed by atoms with Crippen LogP contribution in [0, 0.1) is 6.92 Å². The first-order chi connectivity index (χ1) is 19.0. The van der Waals surface area contributed by atoms with Crippen molar-refractivity contribution in [2.75, 3.05) is 0 Å². The van der Waals surface area contributed by atoms with E-state index in [4.69, 9.17) is 0 Å². The molecule has 1 N–H and O–H groups in total. The maximum atomic E-state index is 10.6. The van der Waals surface area contributed by atoms with Gasteiger partial charge in [-0.3, -0.25) is 0 Å². The maximum Gasteiger partial charge on any atom is -0.172 e. The predicted octanol–water partition coefficient (Wildman–Crippen LogP) is 3.30. The van der Waals surface area contributed by atoms with Gasteiger partial charge >= 0.3 is 95.6 Å². The predicted molar refractivity (Wildman–Crippen MR) is 173 cm³/mol. The molecule has 5 aromatic rings. The van der Waals surface area contributed by atoms with Crippen LogP contribution in [-0.2, 0) is 20.0 Å². The Balaban J connectivity index is 0.000000361. The molecule has 5 heteroatoms. The molecule has 1 nitrogen and oxygen atoms in total. The quantitative estimate of drug-likeness (QED) is 0.235. The van der Waals surface area contributed by atoms with Crippen LogP contribution in [0.15, 0.2) is 133 Å². The van der Waals surface area contributed by atoms with Crippen molar-refractivity contribution in [1.82, 2.24) is 0 Å². The number of rotatable bonds is 4. The van der Waals surface area contributed by atoms with Gasteiger partial charge in [0.15, 0.2) is 0 Å². The van der Waals surface area contributed by atoms with Gasteiger partial charge in [-0.1, -0.05) is 70.3 Å². The zero-order chi connectivity index (χ0) is 29.2. The fourth-order valence-electron chi connectivity index (χ4n) is 4.27. The van der Waals surface area contributed by atoms with Crippen LogP contribution in [0.3, 0.4) is 0 Å². The van der Waals surface area contributed by atoms with Gasteiger partial charge in [-0.25, -0.2) is 12.1 Å². The summed E-state index contributed by atoms with van der Waals surface area (Å²) in [6.45, 7) is 13.8. The molecule has 218 valence electrons. The van der Waals surface area contributed by atoms with Crippen LogP contribution < -0.4 is 30.0 Å². The monoisotopic (exact) mass is 647 g/mol. The van der Waals surface area contributed by atoms with Gasteiger partial charge in [0.25, 0.3) is 0 Å². The smallest absolute Gasteiger partial charge is 0.172 e. The summed E-state index contributed by atoms with van der Waals surface area (Å²) in [4.78, 5) is 0. The minimum atomic E-state index is -1.73. The van der Waals surface area contributed by atoms with E-state index in [0.717, 1.165) is 16.7 Å². The number of phenols is 1. The van der Waals surface area contributed by atoms with Gasteiger partial charge in [-0.15, -0.1) is 0 Å². The van der Waals surface area contributed by atoms with E-state index < -0.39 is 8.07 Å². The molecule has 5 rings (SSSR count). The number of aryl methyl sites for hydroxylation is 1. The van der Waals surface area contributed by atoms with Gasteiger partial charge in [0.1, 0.15) is 5.75 Å². The van der Waals surface area contributed by atoms with E-state index in [2.05, 4.69) is 127 Å². The first-order valence-corrected chi connectivity index (χ1v) is 17.6. The van der Waals surface area contributed by atoms with Crippen LogP contribution in [0.1, 0.15) is 37.5 Å². The second-order valence-corrected chi connectivity index (χ2v) is 17.6. The summed E-state index contributed by atoms with van der Waals surface area (Å²) in [6, 6.07) is 45.3. The average Bonchev–Trinajstić information content (AvgIpc) is 3.54. The van der Waals surface area contributed by atoms with E-state index >= 15 is 0 Å². The fraction of sp³-hybridized carbons (Fsp3) is 0.189. The van der Waals surface area contributed by atoms with Gasteiger partial charge in [0, 0.05) is 5.56 Å². The number of hydrogen-bond acceptors (Lipinski definition) is 1. The summed E-state index contributed by atoms with van der Waals surface area (Å²) in [7, 11) is -1.73. The first-order valence-electron chi connectivity index (χ1n) is 13.8. The fourth-order valence-corrected chi connectivity index (χ4v) is 7.08. The molecule has 0 bridgehead atoms. The Labute approximate surface area is 278 Å². The second-order valence-electron chi connectivity index (χ2n) is 11.5. The van der Waals surface area contributed by atoms with Gasteiger partial charge < -0.3 is 29.9 Å². The summed E-state index contributed by atoms with van der Waals surface area (Å²) in [5.74, 6) is 0.404. The van der Waals surface area contributed by atoms with Gasteiger partial charge in [-0.05, 0) is 34.3 Å². The van der Waals surface area contributed by atoms with Crippen molar-refractivity contribution in [3.05, 3.63) is 150 Å². The zero-order valence-electron chi connectivity index (χ0n) is 25.4. The summed E-state index contributed by atoms with van der Waals surface area (Å²) in [5, 5.41) is 12.2. The van der Waals surface area contributed by atoms with E-state index in [1.165, 1.54) is 20.1 Å². The zero-order valence-corrected chi connectivity index (χ0v) is 29.5. The maximum absolute atomic E-state index is 10.6. The van der Waals surface area contributed by atoms with Crippen LogP contribution in [0.5, 0.6) is 5.75 Å². The number of benzene rings is 4. The third kappa shape index (κ3) is 10.3. The van der Waals surface area contributed by atoms with Crippen molar-refractivity contribution in [3.63, 3.8) is 0 Å². The molecule has 0 heterocycles. The normalized spacial score (nSPS) is 10.5. The number of phenolic OH excluding ortho intramolecular Hbond substituents is 1. The Morgan fingerprint density at radius 2 is 1.12 bits per heavy atom. The van der Waals surface area contributed by atoms with Crippen molar-refractivity contribution >= 4 is 17.1 Å². The van der Waals surface area contributed by atoms with E-state index in [1.54, 1.807) is 0 Å². The Bertz CT molecular complexity index is 1400. The van der Waals surface area contributed by atoms with Crippen molar-refractivity contribution in [2.45, 2.75) is 45.8 Å². The molecule has 0 atom stereocenters. The molecule has 0 aliphatic carbocycles. The topological polar surface area (TPSA) is 20.2 Å². The molecule has 0 spiro atoms. The van der Waals surface area contributed by atoms with Crippen molar-refractivity contribution in [3.8, 4) is 16.9 Å². The van der Waals surface area contributed by atoms with Crippen LogP contribution in [0.4, 0.5) is 0 Å². The van der Waals surface area contributed by atoms with E-state index in [-0.39, 0.29) is 29.9 Å². The minimum Gasteiger partial charge on any atom is -0.214 e. The molecule has 0 aliphatic heterocycles. The van der Waals surface area contributed by atoms with Crippen molar-refractivity contribution in [2.24, 2.45) is 0 Å². The number of halogens is 2. The Morgan fingerprint density at radius 3 is 1.50 bits per heavy atom. The summed E-state index contributed by atoms with van der Waals surface area (Å²) < 4.78 is 1.33. The van der Waals surface area contributed by atoms with Crippen LogP contribution in [-0.4, -0.2) is 17.0 Å². The molecule has 0 radical (unpaired) electrons. The molecular weight excluding hydrogens is 607 g/mol. The first kappa shape index (κ1) is 37.4. The minimum absolute atomic E-state index is 0. The molecule has 0 amide bonds. The molecule has 0 saturated heterocycles. The SMILES string of the molecule is Cc1cc(O)c(-c2ccccc2)c([Si](C)(C)C(C)(C)C)c1.[Cl-].[Cl-].[Ti+2]=[C](c1ccccc1)c1ccccc1.c1cc[cH-]c1. The molecule has 0 saturated carbocycles. The third-order valence-electron chi connectivity index (χ3n) is 7.55. The number of hydrogen-bond donors (Lipinski definition) is 1.